The second-order valence-electron chi connectivity index (χ2n) is 5.41. The molecule has 0 aromatic rings. The molecule has 0 spiro atoms. The fraction of sp³-hybridized carbons (Fsp3) is 0.615. The molecule has 88 valence electrons. The Morgan fingerprint density at radius 3 is 2.38 bits per heavy atom. The minimum atomic E-state index is -0.731. The first-order valence-corrected chi connectivity index (χ1v) is 5.58. The molecule has 0 saturated heterocycles. The molecule has 3 heteroatoms. The van der Waals surface area contributed by atoms with E-state index in [2.05, 4.69) is 0 Å². The van der Waals surface area contributed by atoms with E-state index in [0.717, 1.165) is 5.57 Å². The number of allylic oxidation sites excluding steroid dienone is 2. The van der Waals surface area contributed by atoms with Crippen molar-refractivity contribution in [2.24, 2.45) is 16.7 Å². The quantitative estimate of drug-likeness (QED) is 0.687. The van der Waals surface area contributed by atoms with Crippen LogP contribution in [0.3, 0.4) is 0 Å². The highest BCUT2D eigenvalue weighted by atomic mass is 16.3. The van der Waals surface area contributed by atoms with E-state index in [1.165, 1.54) is 0 Å². The van der Waals surface area contributed by atoms with Gasteiger partial charge in [-0.05, 0) is 18.1 Å². The van der Waals surface area contributed by atoms with Crippen molar-refractivity contribution in [3.63, 3.8) is 0 Å². The van der Waals surface area contributed by atoms with Crippen molar-refractivity contribution in [3.8, 4) is 0 Å². The number of carbonyl (C=O) groups excluding carboxylic acids is 1. The van der Waals surface area contributed by atoms with Crippen LogP contribution in [0.15, 0.2) is 23.3 Å². The first-order chi connectivity index (χ1) is 7.39. The molecule has 0 aromatic carbocycles. The highest BCUT2D eigenvalue weighted by Gasteiger charge is 2.55. The zero-order valence-electron chi connectivity index (χ0n) is 9.95. The molecule has 2 N–H and O–H groups in total. The van der Waals surface area contributed by atoms with Gasteiger partial charge < -0.3 is 10.2 Å². The fourth-order valence-corrected chi connectivity index (χ4v) is 3.19. The third kappa shape index (κ3) is 1.13. The van der Waals surface area contributed by atoms with Crippen molar-refractivity contribution in [1.29, 1.82) is 0 Å². The zero-order chi connectivity index (χ0) is 12.1. The van der Waals surface area contributed by atoms with E-state index in [9.17, 15) is 15.0 Å². The molecule has 3 aliphatic rings. The second-order valence-corrected chi connectivity index (χ2v) is 5.41. The molecule has 0 amide bonds. The monoisotopic (exact) mass is 222 g/mol. The van der Waals surface area contributed by atoms with Crippen LogP contribution in [-0.2, 0) is 4.79 Å². The van der Waals surface area contributed by atoms with Gasteiger partial charge in [-0.25, -0.2) is 0 Å². The number of carbonyl (C=O) groups is 1. The van der Waals surface area contributed by atoms with Crippen LogP contribution in [0.4, 0.5) is 0 Å². The summed E-state index contributed by atoms with van der Waals surface area (Å²) in [5.74, 6) is 0.0581. The predicted octanol–water partition coefficient (Wildman–Crippen LogP) is 1.07. The topological polar surface area (TPSA) is 57.5 Å². The molecule has 3 rings (SSSR count). The number of aliphatic hydroxyl groups is 2. The summed E-state index contributed by atoms with van der Waals surface area (Å²) in [5.41, 5.74) is 0.287. The van der Waals surface area contributed by atoms with Gasteiger partial charge in [-0.15, -0.1) is 0 Å². The van der Waals surface area contributed by atoms with E-state index >= 15 is 0 Å². The molecular weight excluding hydrogens is 204 g/mol. The molecule has 2 unspecified atom stereocenters. The van der Waals surface area contributed by atoms with Gasteiger partial charge in [0, 0.05) is 11.3 Å². The molecule has 0 aliphatic heterocycles. The van der Waals surface area contributed by atoms with Crippen LogP contribution in [0.1, 0.15) is 20.8 Å². The molecule has 3 nitrogen and oxygen atoms in total. The van der Waals surface area contributed by atoms with Crippen molar-refractivity contribution in [2.45, 2.75) is 20.8 Å². The largest absolute Gasteiger partial charge is 0.392 e. The van der Waals surface area contributed by atoms with Crippen molar-refractivity contribution in [2.75, 3.05) is 13.2 Å². The van der Waals surface area contributed by atoms with Gasteiger partial charge in [-0.1, -0.05) is 26.0 Å². The Bertz CT molecular complexity index is 403. The van der Waals surface area contributed by atoms with Crippen LogP contribution < -0.4 is 0 Å². The van der Waals surface area contributed by atoms with Crippen LogP contribution >= 0.6 is 0 Å². The SMILES string of the molecule is CC12C=CC(C(CO)=C1CO)C(C)(C)C2=O. The average molecular weight is 222 g/mol. The van der Waals surface area contributed by atoms with Crippen LogP contribution in [0.25, 0.3) is 0 Å². The average Bonchev–Trinajstić information content (AvgIpc) is 2.24. The number of ketones is 1. The minimum Gasteiger partial charge on any atom is -0.392 e. The molecule has 2 bridgehead atoms. The summed E-state index contributed by atoms with van der Waals surface area (Å²) < 4.78 is 0. The van der Waals surface area contributed by atoms with Crippen LogP contribution in [0.5, 0.6) is 0 Å². The van der Waals surface area contributed by atoms with Crippen molar-refractivity contribution < 1.29 is 15.0 Å². The van der Waals surface area contributed by atoms with Gasteiger partial charge in [0.25, 0.3) is 0 Å². The summed E-state index contributed by atoms with van der Waals surface area (Å²) in [5, 5.41) is 18.8. The molecule has 0 aromatic heterocycles. The Labute approximate surface area is 95.5 Å². The van der Waals surface area contributed by atoms with Crippen molar-refractivity contribution in [1.82, 2.24) is 0 Å². The van der Waals surface area contributed by atoms with E-state index in [1.54, 1.807) is 0 Å². The summed E-state index contributed by atoms with van der Waals surface area (Å²) in [6, 6.07) is 0. The lowest BCUT2D eigenvalue weighted by Crippen LogP contribution is -2.52. The van der Waals surface area contributed by atoms with Crippen LogP contribution in [0.2, 0.25) is 0 Å². The van der Waals surface area contributed by atoms with E-state index < -0.39 is 10.8 Å². The minimum absolute atomic E-state index is 0.0750. The van der Waals surface area contributed by atoms with Gasteiger partial charge in [-0.3, -0.25) is 4.79 Å². The van der Waals surface area contributed by atoms with Crippen molar-refractivity contribution >= 4 is 5.78 Å². The van der Waals surface area contributed by atoms with Crippen molar-refractivity contribution in [3.05, 3.63) is 23.3 Å². The highest BCUT2D eigenvalue weighted by Crippen LogP contribution is 2.54. The third-order valence-corrected chi connectivity index (χ3v) is 4.17. The Hall–Kier alpha value is -0.930. The number of fused-ring (bicyclic) bond motifs is 1. The summed E-state index contributed by atoms with van der Waals surface area (Å²) in [7, 11) is 0. The van der Waals surface area contributed by atoms with Gasteiger partial charge in [0.2, 0.25) is 0 Å². The van der Waals surface area contributed by atoms with Gasteiger partial charge >= 0.3 is 0 Å². The first-order valence-electron chi connectivity index (χ1n) is 5.58. The van der Waals surface area contributed by atoms with E-state index in [-0.39, 0.29) is 24.9 Å². The van der Waals surface area contributed by atoms with Gasteiger partial charge in [0.05, 0.1) is 18.6 Å². The maximum atomic E-state index is 12.4. The maximum absolute atomic E-state index is 12.4. The summed E-state index contributed by atoms with van der Waals surface area (Å²) >= 11 is 0. The lowest BCUT2D eigenvalue weighted by molar-refractivity contribution is -0.136. The zero-order valence-corrected chi connectivity index (χ0v) is 9.95. The molecule has 2 atom stereocenters. The standard InChI is InChI=1S/C13H18O3/c1-12(2)9-4-5-13(3,11(12)16)10(7-15)8(9)6-14/h4-5,9,14-15H,6-7H2,1-3H3. The van der Waals surface area contributed by atoms with E-state index in [1.807, 2.05) is 32.9 Å². The normalized spacial score (nSPS) is 36.1. The molecule has 0 heterocycles. The predicted molar refractivity (Wildman–Crippen MR) is 60.7 cm³/mol. The summed E-state index contributed by atoms with van der Waals surface area (Å²) in [6.45, 7) is 5.40. The van der Waals surface area contributed by atoms with Gasteiger partial charge in [0.15, 0.2) is 5.78 Å². The molecule has 0 fully saturated rings. The van der Waals surface area contributed by atoms with E-state index in [4.69, 9.17) is 0 Å². The molecule has 0 saturated carbocycles. The third-order valence-electron chi connectivity index (χ3n) is 4.17. The van der Waals surface area contributed by atoms with E-state index in [0.29, 0.717) is 5.57 Å². The van der Waals surface area contributed by atoms with Crippen LogP contribution in [0, 0.1) is 16.7 Å². The highest BCUT2D eigenvalue weighted by molar-refractivity contribution is 5.97. The Kier molecular flexibility index (Phi) is 2.37. The number of aliphatic hydroxyl groups excluding tert-OH is 2. The Morgan fingerprint density at radius 1 is 1.25 bits per heavy atom. The first kappa shape index (κ1) is 11.6. The summed E-state index contributed by atoms with van der Waals surface area (Å²) in [6.07, 6.45) is 3.86. The molecule has 0 radical (unpaired) electrons. The number of rotatable bonds is 2. The van der Waals surface area contributed by atoms with Gasteiger partial charge in [-0.2, -0.15) is 0 Å². The molecule has 16 heavy (non-hydrogen) atoms. The fourth-order valence-electron chi connectivity index (χ4n) is 3.19. The Morgan fingerprint density at radius 2 is 1.88 bits per heavy atom. The number of hydrogen-bond donors (Lipinski definition) is 2. The number of hydrogen-bond acceptors (Lipinski definition) is 3. The molecule has 3 aliphatic carbocycles. The summed E-state index contributed by atoms with van der Waals surface area (Å²) in [4.78, 5) is 12.4. The lowest BCUT2D eigenvalue weighted by Gasteiger charge is -2.50. The van der Waals surface area contributed by atoms with Gasteiger partial charge in [0.1, 0.15) is 0 Å². The number of Topliss-reactive ketones (excluding diaryl/α,β-unsaturated/α-hetero) is 1. The molecular formula is C13H18O3. The van der Waals surface area contributed by atoms with Crippen LogP contribution in [-0.4, -0.2) is 29.2 Å². The second kappa shape index (κ2) is 3.28. The smallest absolute Gasteiger partial charge is 0.153 e. The Balaban J connectivity index is 2.67. The maximum Gasteiger partial charge on any atom is 0.153 e. The lowest BCUT2D eigenvalue weighted by atomic mass is 9.52.